The average molecular weight is 326 g/mol. The second-order valence-corrected chi connectivity index (χ2v) is 7.18. The zero-order valence-corrected chi connectivity index (χ0v) is 13.2. The molecule has 7 nitrogen and oxygen atoms in total. The number of nitrogens with zero attached hydrogens (tertiary/aromatic N) is 2. The van der Waals surface area contributed by atoms with Crippen molar-refractivity contribution in [1.82, 2.24) is 4.31 Å². The SMILES string of the molecule is CC(C(=O)O)N(C)S(=O)(=O)c1ccc(N2CCCC2=O)cc1. The molecule has 0 aromatic heterocycles. The summed E-state index contributed by atoms with van der Waals surface area (Å²) in [6.07, 6.45) is 1.29. The van der Waals surface area contributed by atoms with E-state index in [9.17, 15) is 18.0 Å². The van der Waals surface area contributed by atoms with Gasteiger partial charge in [0.05, 0.1) is 4.90 Å². The smallest absolute Gasteiger partial charge is 0.321 e. The van der Waals surface area contributed by atoms with Gasteiger partial charge in [0.2, 0.25) is 15.9 Å². The highest BCUT2D eigenvalue weighted by atomic mass is 32.2. The first-order valence-corrected chi connectivity index (χ1v) is 8.30. The summed E-state index contributed by atoms with van der Waals surface area (Å²) in [5.74, 6) is -1.20. The van der Waals surface area contributed by atoms with E-state index in [-0.39, 0.29) is 10.8 Å². The van der Waals surface area contributed by atoms with Crippen molar-refractivity contribution in [2.75, 3.05) is 18.5 Å². The monoisotopic (exact) mass is 326 g/mol. The Bertz CT molecular complexity index is 684. The van der Waals surface area contributed by atoms with Crippen molar-refractivity contribution in [2.24, 2.45) is 0 Å². The van der Waals surface area contributed by atoms with Crippen LogP contribution in [0.4, 0.5) is 5.69 Å². The topological polar surface area (TPSA) is 95.0 Å². The predicted octanol–water partition coefficient (Wildman–Crippen LogP) is 0.907. The normalized spacial score (nSPS) is 17.0. The van der Waals surface area contributed by atoms with Gasteiger partial charge in [-0.2, -0.15) is 4.31 Å². The van der Waals surface area contributed by atoms with Gasteiger partial charge in [0, 0.05) is 25.7 Å². The van der Waals surface area contributed by atoms with E-state index in [4.69, 9.17) is 5.11 Å². The summed E-state index contributed by atoms with van der Waals surface area (Å²) in [6, 6.07) is 4.75. The van der Waals surface area contributed by atoms with Crippen LogP contribution in [0.3, 0.4) is 0 Å². The minimum atomic E-state index is -3.89. The van der Waals surface area contributed by atoms with Crippen molar-refractivity contribution in [3.63, 3.8) is 0 Å². The van der Waals surface area contributed by atoms with Gasteiger partial charge in [0.1, 0.15) is 6.04 Å². The molecular weight excluding hydrogens is 308 g/mol. The quantitative estimate of drug-likeness (QED) is 0.867. The highest BCUT2D eigenvalue weighted by molar-refractivity contribution is 7.89. The van der Waals surface area contributed by atoms with Crippen LogP contribution in [0.5, 0.6) is 0 Å². The largest absolute Gasteiger partial charge is 0.480 e. The summed E-state index contributed by atoms with van der Waals surface area (Å²) in [5.41, 5.74) is 0.649. The number of aliphatic carboxylic acids is 1. The Hall–Kier alpha value is -1.93. The Morgan fingerprint density at radius 2 is 1.91 bits per heavy atom. The van der Waals surface area contributed by atoms with Crippen molar-refractivity contribution < 1.29 is 23.1 Å². The van der Waals surface area contributed by atoms with E-state index >= 15 is 0 Å². The van der Waals surface area contributed by atoms with E-state index in [0.29, 0.717) is 18.7 Å². The molecule has 0 radical (unpaired) electrons. The molecule has 0 bridgehead atoms. The number of carbonyl (C=O) groups excluding carboxylic acids is 1. The molecule has 120 valence electrons. The zero-order chi connectivity index (χ0) is 16.5. The van der Waals surface area contributed by atoms with Crippen molar-refractivity contribution in [2.45, 2.75) is 30.7 Å². The number of amides is 1. The van der Waals surface area contributed by atoms with Crippen LogP contribution < -0.4 is 4.90 Å². The third-order valence-electron chi connectivity index (χ3n) is 3.80. The number of carboxylic acids is 1. The van der Waals surface area contributed by atoms with Crippen LogP contribution in [-0.2, 0) is 19.6 Å². The number of rotatable bonds is 5. The first-order valence-electron chi connectivity index (χ1n) is 6.86. The molecule has 22 heavy (non-hydrogen) atoms. The Morgan fingerprint density at radius 3 is 2.36 bits per heavy atom. The summed E-state index contributed by atoms with van der Waals surface area (Å²) in [4.78, 5) is 24.2. The Kier molecular flexibility index (Phi) is 4.52. The molecule has 1 aromatic rings. The van der Waals surface area contributed by atoms with Gasteiger partial charge >= 0.3 is 5.97 Å². The molecule has 1 saturated heterocycles. The molecule has 1 aliphatic rings. The van der Waals surface area contributed by atoms with Crippen molar-refractivity contribution in [3.05, 3.63) is 24.3 Å². The third kappa shape index (κ3) is 2.97. The third-order valence-corrected chi connectivity index (χ3v) is 5.74. The van der Waals surface area contributed by atoms with Gasteiger partial charge in [-0.15, -0.1) is 0 Å². The number of benzene rings is 1. The maximum atomic E-state index is 12.4. The standard InChI is InChI=1S/C14H18N2O5S/c1-10(14(18)19)15(2)22(20,21)12-7-5-11(6-8-12)16-9-3-4-13(16)17/h5-8,10H,3-4,9H2,1-2H3,(H,18,19). The van der Waals surface area contributed by atoms with Crippen LogP contribution >= 0.6 is 0 Å². The lowest BCUT2D eigenvalue weighted by molar-refractivity contribution is -0.140. The molecule has 1 atom stereocenters. The predicted molar refractivity (Wildman–Crippen MR) is 80.1 cm³/mol. The van der Waals surface area contributed by atoms with Gasteiger partial charge in [0.25, 0.3) is 0 Å². The highest BCUT2D eigenvalue weighted by Crippen LogP contribution is 2.24. The Morgan fingerprint density at radius 1 is 1.32 bits per heavy atom. The van der Waals surface area contributed by atoms with Crippen LogP contribution in [0.15, 0.2) is 29.2 Å². The first kappa shape index (κ1) is 16.4. The molecule has 1 amide bonds. The fraction of sp³-hybridized carbons (Fsp3) is 0.429. The summed E-state index contributed by atoms with van der Waals surface area (Å²) >= 11 is 0. The molecule has 1 unspecified atom stereocenters. The van der Waals surface area contributed by atoms with Crippen molar-refractivity contribution >= 4 is 27.6 Å². The van der Waals surface area contributed by atoms with E-state index < -0.39 is 22.0 Å². The molecule has 1 N–H and O–H groups in total. The lowest BCUT2D eigenvalue weighted by Gasteiger charge is -2.21. The maximum Gasteiger partial charge on any atom is 0.321 e. The lowest BCUT2D eigenvalue weighted by Crippen LogP contribution is -2.40. The Balaban J connectivity index is 2.26. The molecule has 8 heteroatoms. The van der Waals surface area contributed by atoms with Crippen molar-refractivity contribution in [1.29, 1.82) is 0 Å². The molecule has 0 spiro atoms. The van der Waals surface area contributed by atoms with Crippen LogP contribution in [0, 0.1) is 0 Å². The molecule has 1 aromatic carbocycles. The maximum absolute atomic E-state index is 12.4. The van der Waals surface area contributed by atoms with E-state index in [1.54, 1.807) is 17.0 Å². The summed E-state index contributed by atoms with van der Waals surface area (Å²) in [6.45, 7) is 1.93. The molecule has 0 saturated carbocycles. The summed E-state index contributed by atoms with van der Waals surface area (Å²) in [5, 5.41) is 8.93. The number of likely N-dealkylation sites (N-methyl/N-ethyl adjacent to an activating group) is 1. The fourth-order valence-electron chi connectivity index (χ4n) is 2.25. The van der Waals surface area contributed by atoms with Crippen LogP contribution in [0.2, 0.25) is 0 Å². The molecule has 1 heterocycles. The highest BCUT2D eigenvalue weighted by Gasteiger charge is 2.30. The average Bonchev–Trinajstić information content (AvgIpc) is 2.91. The number of hydrogen-bond donors (Lipinski definition) is 1. The number of carboxylic acid groups (broad SMARTS) is 1. The fourth-order valence-corrected chi connectivity index (χ4v) is 3.57. The van der Waals surface area contributed by atoms with Gasteiger partial charge < -0.3 is 10.0 Å². The molecular formula is C14H18N2O5S. The molecule has 1 aliphatic heterocycles. The second kappa shape index (κ2) is 6.05. The summed E-state index contributed by atoms with van der Waals surface area (Å²) < 4.78 is 25.5. The molecule has 2 rings (SSSR count). The zero-order valence-electron chi connectivity index (χ0n) is 12.4. The molecule has 0 aliphatic carbocycles. The van der Waals surface area contributed by atoms with Gasteiger partial charge in [-0.25, -0.2) is 8.42 Å². The van der Waals surface area contributed by atoms with Gasteiger partial charge in [-0.3, -0.25) is 9.59 Å². The Labute approximate surface area is 129 Å². The minimum Gasteiger partial charge on any atom is -0.480 e. The van der Waals surface area contributed by atoms with E-state index in [0.717, 1.165) is 10.7 Å². The first-order chi connectivity index (χ1) is 10.2. The van der Waals surface area contributed by atoms with Crippen LogP contribution in [0.1, 0.15) is 19.8 Å². The second-order valence-electron chi connectivity index (χ2n) is 5.18. The van der Waals surface area contributed by atoms with Gasteiger partial charge in [0.15, 0.2) is 0 Å². The number of hydrogen-bond acceptors (Lipinski definition) is 4. The van der Waals surface area contributed by atoms with Crippen LogP contribution in [0.25, 0.3) is 0 Å². The number of sulfonamides is 1. The minimum absolute atomic E-state index is 0.00139. The summed E-state index contributed by atoms with van der Waals surface area (Å²) in [7, 11) is -2.66. The van der Waals surface area contributed by atoms with E-state index in [1.165, 1.54) is 26.1 Å². The number of anilines is 1. The van der Waals surface area contributed by atoms with Gasteiger partial charge in [-0.1, -0.05) is 0 Å². The molecule has 1 fully saturated rings. The van der Waals surface area contributed by atoms with E-state index in [2.05, 4.69) is 0 Å². The number of carbonyl (C=O) groups is 2. The van der Waals surface area contributed by atoms with Gasteiger partial charge in [-0.05, 0) is 37.6 Å². The van der Waals surface area contributed by atoms with Crippen LogP contribution in [-0.4, -0.2) is 49.3 Å². The van der Waals surface area contributed by atoms with E-state index in [1.807, 2.05) is 0 Å². The lowest BCUT2D eigenvalue weighted by atomic mass is 10.3. The van der Waals surface area contributed by atoms with Crippen molar-refractivity contribution in [3.8, 4) is 0 Å².